The number of nitrogens with one attached hydrogen (secondary N) is 1. The molecular formula is C11H19NO4. The Labute approximate surface area is 95.2 Å². The number of aliphatic carboxylic acids is 1. The van der Waals surface area contributed by atoms with Crippen LogP contribution in [0, 0.1) is 5.92 Å². The lowest BCUT2D eigenvalue weighted by atomic mass is 10.1. The van der Waals surface area contributed by atoms with E-state index >= 15 is 0 Å². The van der Waals surface area contributed by atoms with Crippen LogP contribution in [0.25, 0.3) is 0 Å². The number of carbonyl (C=O) groups is 2. The number of hydrogen-bond acceptors (Lipinski definition) is 3. The third-order valence-electron chi connectivity index (χ3n) is 2.67. The average molecular weight is 229 g/mol. The maximum absolute atomic E-state index is 11.6. The maximum atomic E-state index is 11.6. The van der Waals surface area contributed by atoms with Crippen LogP contribution < -0.4 is 5.32 Å². The highest BCUT2D eigenvalue weighted by Gasteiger charge is 2.31. The molecule has 1 aliphatic carbocycles. The quantitative estimate of drug-likeness (QED) is 0.676. The van der Waals surface area contributed by atoms with Gasteiger partial charge in [-0.2, -0.15) is 0 Å². The first kappa shape index (κ1) is 13.0. The number of rotatable bonds is 7. The van der Waals surface area contributed by atoms with Crippen LogP contribution >= 0.6 is 0 Å². The van der Waals surface area contributed by atoms with Crippen molar-refractivity contribution >= 4 is 11.9 Å². The van der Waals surface area contributed by atoms with E-state index in [9.17, 15) is 9.59 Å². The van der Waals surface area contributed by atoms with Crippen LogP contribution in [-0.4, -0.2) is 35.7 Å². The standard InChI is InChI=1S/C11H19NO4/c1-3-16-7(2)10(13)12-9(11(14)15)6-8-4-5-8/h7-9H,3-6H2,1-2H3,(H,12,13)(H,14,15). The van der Waals surface area contributed by atoms with Crippen molar-refractivity contribution in [3.8, 4) is 0 Å². The van der Waals surface area contributed by atoms with Crippen LogP contribution in [-0.2, 0) is 14.3 Å². The molecule has 5 heteroatoms. The topological polar surface area (TPSA) is 75.6 Å². The summed E-state index contributed by atoms with van der Waals surface area (Å²) in [5.41, 5.74) is 0. The molecule has 2 atom stereocenters. The molecule has 0 aromatic rings. The third kappa shape index (κ3) is 4.18. The molecule has 1 rings (SSSR count). The summed E-state index contributed by atoms with van der Waals surface area (Å²) in [6.07, 6.45) is 2.08. The Morgan fingerprint density at radius 2 is 2.12 bits per heavy atom. The van der Waals surface area contributed by atoms with E-state index in [-0.39, 0.29) is 5.91 Å². The van der Waals surface area contributed by atoms with Gasteiger partial charge in [-0.15, -0.1) is 0 Å². The Balaban J connectivity index is 2.40. The largest absolute Gasteiger partial charge is 0.480 e. The lowest BCUT2D eigenvalue weighted by molar-refractivity contribution is -0.144. The molecule has 0 aromatic carbocycles. The van der Waals surface area contributed by atoms with Crippen LogP contribution in [0.15, 0.2) is 0 Å². The number of carboxylic acids is 1. The molecule has 1 fully saturated rings. The zero-order valence-electron chi connectivity index (χ0n) is 9.73. The minimum Gasteiger partial charge on any atom is -0.480 e. The lowest BCUT2D eigenvalue weighted by Gasteiger charge is -2.17. The monoisotopic (exact) mass is 229 g/mol. The smallest absolute Gasteiger partial charge is 0.326 e. The van der Waals surface area contributed by atoms with Gasteiger partial charge in [0.25, 0.3) is 0 Å². The highest BCUT2D eigenvalue weighted by molar-refractivity contribution is 5.86. The van der Waals surface area contributed by atoms with Gasteiger partial charge in [0.05, 0.1) is 0 Å². The van der Waals surface area contributed by atoms with Crippen molar-refractivity contribution in [3.05, 3.63) is 0 Å². The fraction of sp³-hybridized carbons (Fsp3) is 0.818. The molecular weight excluding hydrogens is 210 g/mol. The average Bonchev–Trinajstić information content (AvgIpc) is 3.00. The molecule has 0 spiro atoms. The Kier molecular flexibility index (Phi) is 4.73. The van der Waals surface area contributed by atoms with Gasteiger partial charge in [0.15, 0.2) is 0 Å². The number of carbonyl (C=O) groups excluding carboxylic acids is 1. The second-order valence-electron chi connectivity index (χ2n) is 4.18. The molecule has 2 unspecified atom stereocenters. The van der Waals surface area contributed by atoms with Gasteiger partial charge < -0.3 is 15.2 Å². The highest BCUT2D eigenvalue weighted by Crippen LogP contribution is 2.33. The molecule has 2 N–H and O–H groups in total. The van der Waals surface area contributed by atoms with Gasteiger partial charge in [-0.1, -0.05) is 12.8 Å². The van der Waals surface area contributed by atoms with Gasteiger partial charge in [-0.3, -0.25) is 4.79 Å². The van der Waals surface area contributed by atoms with Crippen molar-refractivity contribution < 1.29 is 19.4 Å². The van der Waals surface area contributed by atoms with Crippen molar-refractivity contribution in [2.75, 3.05) is 6.61 Å². The van der Waals surface area contributed by atoms with Gasteiger partial charge in [-0.05, 0) is 26.2 Å². The van der Waals surface area contributed by atoms with Crippen LogP contribution in [0.4, 0.5) is 0 Å². The molecule has 0 saturated heterocycles. The molecule has 1 amide bonds. The van der Waals surface area contributed by atoms with E-state index in [1.54, 1.807) is 13.8 Å². The summed E-state index contributed by atoms with van der Waals surface area (Å²) in [5, 5.41) is 11.5. The van der Waals surface area contributed by atoms with Gasteiger partial charge in [0.1, 0.15) is 12.1 Å². The summed E-state index contributed by atoms with van der Waals surface area (Å²) in [5.74, 6) is -0.859. The fourth-order valence-electron chi connectivity index (χ4n) is 1.52. The molecule has 1 aliphatic rings. The van der Waals surface area contributed by atoms with Gasteiger partial charge in [-0.25, -0.2) is 4.79 Å². The molecule has 1 saturated carbocycles. The highest BCUT2D eigenvalue weighted by atomic mass is 16.5. The van der Waals surface area contributed by atoms with Crippen molar-refractivity contribution in [1.29, 1.82) is 0 Å². The summed E-state index contributed by atoms with van der Waals surface area (Å²) < 4.78 is 5.10. The SMILES string of the molecule is CCOC(C)C(=O)NC(CC1CC1)C(=O)O. The molecule has 0 aliphatic heterocycles. The van der Waals surface area contributed by atoms with E-state index in [2.05, 4.69) is 5.32 Å². The third-order valence-corrected chi connectivity index (χ3v) is 2.67. The van der Waals surface area contributed by atoms with Gasteiger partial charge >= 0.3 is 5.97 Å². The second-order valence-corrected chi connectivity index (χ2v) is 4.18. The summed E-state index contributed by atoms with van der Waals surface area (Å²) >= 11 is 0. The van der Waals surface area contributed by atoms with Crippen LogP contribution in [0.1, 0.15) is 33.1 Å². The minimum atomic E-state index is -0.969. The van der Waals surface area contributed by atoms with E-state index in [1.165, 1.54) is 0 Å². The number of amides is 1. The summed E-state index contributed by atoms with van der Waals surface area (Å²) in [7, 11) is 0. The second kappa shape index (κ2) is 5.84. The van der Waals surface area contributed by atoms with E-state index < -0.39 is 18.1 Å². The van der Waals surface area contributed by atoms with E-state index in [1.807, 2.05) is 0 Å². The summed E-state index contributed by atoms with van der Waals surface area (Å²) in [4.78, 5) is 22.5. The lowest BCUT2D eigenvalue weighted by Crippen LogP contribution is -2.45. The van der Waals surface area contributed by atoms with Crippen molar-refractivity contribution in [3.63, 3.8) is 0 Å². The Bertz CT molecular complexity index is 263. The molecule has 16 heavy (non-hydrogen) atoms. The van der Waals surface area contributed by atoms with Crippen LogP contribution in [0.2, 0.25) is 0 Å². The minimum absolute atomic E-state index is 0.352. The van der Waals surface area contributed by atoms with Crippen LogP contribution in [0.5, 0.6) is 0 Å². The molecule has 0 radical (unpaired) electrons. The van der Waals surface area contributed by atoms with Crippen LogP contribution in [0.3, 0.4) is 0 Å². The van der Waals surface area contributed by atoms with E-state index in [0.717, 1.165) is 12.8 Å². The first-order valence-corrected chi connectivity index (χ1v) is 5.69. The molecule has 5 nitrogen and oxygen atoms in total. The van der Waals surface area contributed by atoms with E-state index in [4.69, 9.17) is 9.84 Å². The predicted octanol–water partition coefficient (Wildman–Crippen LogP) is 0.781. The predicted molar refractivity (Wildman–Crippen MR) is 58.0 cm³/mol. The fourth-order valence-corrected chi connectivity index (χ4v) is 1.52. The van der Waals surface area contributed by atoms with Crippen molar-refractivity contribution in [2.45, 2.75) is 45.3 Å². The first-order valence-electron chi connectivity index (χ1n) is 5.69. The zero-order chi connectivity index (χ0) is 12.1. The number of hydrogen-bond donors (Lipinski definition) is 2. The van der Waals surface area contributed by atoms with Crippen molar-refractivity contribution in [2.24, 2.45) is 5.92 Å². The summed E-state index contributed by atoms with van der Waals surface area (Å²) in [6.45, 7) is 3.85. The Hall–Kier alpha value is -1.10. The molecule has 0 aromatic heterocycles. The number of carboxylic acid groups (broad SMARTS) is 1. The first-order chi connectivity index (χ1) is 7.54. The van der Waals surface area contributed by atoms with Gasteiger partial charge in [0.2, 0.25) is 5.91 Å². The normalized spacial score (nSPS) is 18.9. The molecule has 0 heterocycles. The van der Waals surface area contributed by atoms with Gasteiger partial charge in [0, 0.05) is 6.61 Å². The Morgan fingerprint density at radius 3 is 2.56 bits per heavy atom. The number of ether oxygens (including phenoxy) is 1. The zero-order valence-corrected chi connectivity index (χ0v) is 9.73. The van der Waals surface area contributed by atoms with E-state index in [0.29, 0.717) is 18.9 Å². The van der Waals surface area contributed by atoms with Crippen molar-refractivity contribution in [1.82, 2.24) is 5.32 Å². The molecule has 92 valence electrons. The maximum Gasteiger partial charge on any atom is 0.326 e. The Morgan fingerprint density at radius 1 is 1.50 bits per heavy atom. The molecule has 0 bridgehead atoms. The summed E-state index contributed by atoms with van der Waals surface area (Å²) in [6, 6.07) is -0.775.